The van der Waals surface area contributed by atoms with E-state index in [1.165, 1.54) is 7.05 Å². The lowest BCUT2D eigenvalue weighted by molar-refractivity contribution is -0.147. The molecule has 0 radical (unpaired) electrons. The number of alkyl halides is 3. The topological polar surface area (TPSA) is 85.2 Å². The van der Waals surface area contributed by atoms with Gasteiger partial charge in [-0.15, -0.1) is 10.2 Å². The van der Waals surface area contributed by atoms with E-state index in [-0.39, 0.29) is 40.4 Å². The van der Waals surface area contributed by atoms with Crippen molar-refractivity contribution >= 4 is 27.5 Å². The van der Waals surface area contributed by atoms with E-state index in [0.29, 0.717) is 6.42 Å². The minimum absolute atomic E-state index is 0.00307. The molecule has 1 amide bonds. The lowest BCUT2D eigenvalue weighted by atomic mass is 9.93. The molecule has 158 valence electrons. The number of amides is 1. The molecule has 1 aliphatic carbocycles. The van der Waals surface area contributed by atoms with Crippen molar-refractivity contribution in [2.75, 3.05) is 17.3 Å². The summed E-state index contributed by atoms with van der Waals surface area (Å²) in [7, 11) is -1.95. The van der Waals surface area contributed by atoms with Crippen molar-refractivity contribution in [3.63, 3.8) is 0 Å². The number of halogens is 3. The van der Waals surface area contributed by atoms with Gasteiger partial charge in [0.1, 0.15) is 0 Å². The van der Waals surface area contributed by atoms with E-state index in [2.05, 4.69) is 10.2 Å². The van der Waals surface area contributed by atoms with Gasteiger partial charge in [0.15, 0.2) is 15.0 Å². The first-order valence-electron chi connectivity index (χ1n) is 9.19. The molecule has 12 heteroatoms. The Bertz CT molecular complexity index is 820. The molecule has 0 unspecified atom stereocenters. The van der Waals surface area contributed by atoms with Gasteiger partial charge in [0.2, 0.25) is 11.7 Å². The van der Waals surface area contributed by atoms with Crippen molar-refractivity contribution in [1.82, 2.24) is 19.7 Å². The zero-order chi connectivity index (χ0) is 20.5. The van der Waals surface area contributed by atoms with Gasteiger partial charge in [-0.1, -0.05) is 31.0 Å². The fraction of sp³-hybridized carbons (Fsp3) is 0.812. The molecule has 1 aromatic rings. The summed E-state index contributed by atoms with van der Waals surface area (Å²) in [5.41, 5.74) is 0. The second-order valence-corrected chi connectivity index (χ2v) is 10.5. The van der Waals surface area contributed by atoms with Gasteiger partial charge in [-0.25, -0.2) is 8.42 Å². The van der Waals surface area contributed by atoms with E-state index in [4.69, 9.17) is 0 Å². The average molecular weight is 441 g/mol. The lowest BCUT2D eigenvalue weighted by Gasteiger charge is -2.38. The van der Waals surface area contributed by atoms with Crippen LogP contribution in [0.15, 0.2) is 5.16 Å². The Balaban J connectivity index is 1.72. The van der Waals surface area contributed by atoms with Crippen molar-refractivity contribution in [3.8, 4) is 0 Å². The van der Waals surface area contributed by atoms with Gasteiger partial charge in [0.05, 0.1) is 17.3 Å². The SMILES string of the molecule is Cn1c(SCC(=O)N(C2CCCCC2)[C@@H]2CCS(=O)(=O)C2)nnc1C(F)(F)F. The molecule has 1 aliphatic heterocycles. The third kappa shape index (κ3) is 4.81. The van der Waals surface area contributed by atoms with Gasteiger partial charge in [0.25, 0.3) is 0 Å². The quantitative estimate of drug-likeness (QED) is 0.653. The van der Waals surface area contributed by atoms with Crippen LogP contribution in [0.2, 0.25) is 0 Å². The first-order chi connectivity index (χ1) is 13.1. The summed E-state index contributed by atoms with van der Waals surface area (Å²) in [6.45, 7) is 0. The van der Waals surface area contributed by atoms with Gasteiger partial charge in [-0.3, -0.25) is 4.79 Å². The van der Waals surface area contributed by atoms with Gasteiger partial charge >= 0.3 is 6.18 Å². The lowest BCUT2D eigenvalue weighted by Crippen LogP contribution is -2.49. The van der Waals surface area contributed by atoms with Crippen LogP contribution in [-0.2, 0) is 27.9 Å². The number of aromatic nitrogens is 3. The van der Waals surface area contributed by atoms with E-state index in [0.717, 1.165) is 48.4 Å². The highest BCUT2D eigenvalue weighted by molar-refractivity contribution is 7.99. The zero-order valence-corrected chi connectivity index (χ0v) is 17.1. The number of rotatable bonds is 5. The number of carbonyl (C=O) groups is 1. The Hall–Kier alpha value is -1.30. The van der Waals surface area contributed by atoms with Crippen molar-refractivity contribution in [2.24, 2.45) is 7.05 Å². The highest BCUT2D eigenvalue weighted by Crippen LogP contribution is 2.31. The summed E-state index contributed by atoms with van der Waals surface area (Å²) in [5.74, 6) is -1.44. The second kappa shape index (κ2) is 8.21. The summed E-state index contributed by atoms with van der Waals surface area (Å²) in [6.07, 6.45) is 0.520. The fourth-order valence-electron chi connectivity index (χ4n) is 3.95. The van der Waals surface area contributed by atoms with Crippen LogP contribution >= 0.6 is 11.8 Å². The van der Waals surface area contributed by atoms with Crippen LogP contribution in [0, 0.1) is 0 Å². The van der Waals surface area contributed by atoms with Crippen molar-refractivity contribution < 1.29 is 26.4 Å². The molecule has 2 heterocycles. The molecule has 0 bridgehead atoms. The Morgan fingerprint density at radius 2 is 1.86 bits per heavy atom. The van der Waals surface area contributed by atoms with Crippen LogP contribution < -0.4 is 0 Å². The van der Waals surface area contributed by atoms with Crippen LogP contribution in [-0.4, -0.2) is 63.3 Å². The molecule has 0 aromatic carbocycles. The number of carbonyl (C=O) groups excluding carboxylic acids is 1. The Labute approximate surface area is 166 Å². The average Bonchev–Trinajstić information content (AvgIpc) is 3.16. The van der Waals surface area contributed by atoms with Crippen molar-refractivity contribution in [1.29, 1.82) is 0 Å². The number of hydrogen-bond acceptors (Lipinski definition) is 6. The Morgan fingerprint density at radius 3 is 2.39 bits per heavy atom. The monoisotopic (exact) mass is 440 g/mol. The maximum absolute atomic E-state index is 13.0. The fourth-order valence-corrected chi connectivity index (χ4v) is 6.44. The molecule has 7 nitrogen and oxygen atoms in total. The maximum Gasteiger partial charge on any atom is 0.451 e. The highest BCUT2D eigenvalue weighted by atomic mass is 32.2. The largest absolute Gasteiger partial charge is 0.451 e. The molecule has 1 saturated heterocycles. The van der Waals surface area contributed by atoms with Gasteiger partial charge < -0.3 is 9.47 Å². The van der Waals surface area contributed by atoms with Gasteiger partial charge in [-0.05, 0) is 19.3 Å². The van der Waals surface area contributed by atoms with E-state index in [1.807, 2.05) is 0 Å². The first kappa shape index (κ1) is 21.4. The number of hydrogen-bond donors (Lipinski definition) is 0. The molecule has 1 saturated carbocycles. The standard InChI is InChI=1S/C16H23F3N4O3S2/c1-22-14(16(17,18)19)20-21-15(22)27-9-13(24)23(11-5-3-2-4-6-11)12-7-8-28(25,26)10-12/h11-12H,2-10H2,1H3/t12-/m1/s1. The molecule has 3 rings (SSSR count). The van der Waals surface area contributed by atoms with Gasteiger partial charge in [0, 0.05) is 19.1 Å². The van der Waals surface area contributed by atoms with Crippen LogP contribution in [0.5, 0.6) is 0 Å². The third-order valence-corrected chi connectivity index (χ3v) is 8.03. The molecule has 1 atom stereocenters. The van der Waals surface area contributed by atoms with Crippen LogP contribution in [0.3, 0.4) is 0 Å². The smallest absolute Gasteiger partial charge is 0.335 e. The van der Waals surface area contributed by atoms with E-state index < -0.39 is 21.8 Å². The number of nitrogens with zero attached hydrogens (tertiary/aromatic N) is 4. The maximum atomic E-state index is 13.0. The molecular weight excluding hydrogens is 417 g/mol. The molecule has 28 heavy (non-hydrogen) atoms. The minimum atomic E-state index is -4.61. The number of thioether (sulfide) groups is 1. The van der Waals surface area contributed by atoms with Crippen LogP contribution in [0.25, 0.3) is 0 Å². The summed E-state index contributed by atoms with van der Waals surface area (Å²) in [5, 5.41) is 6.70. The highest BCUT2D eigenvalue weighted by Gasteiger charge is 2.39. The zero-order valence-electron chi connectivity index (χ0n) is 15.5. The summed E-state index contributed by atoms with van der Waals surface area (Å²) in [6, 6.07) is -0.364. The van der Waals surface area contributed by atoms with Crippen molar-refractivity contribution in [2.45, 2.75) is 61.9 Å². The van der Waals surface area contributed by atoms with E-state index >= 15 is 0 Å². The van der Waals surface area contributed by atoms with E-state index in [9.17, 15) is 26.4 Å². The first-order valence-corrected chi connectivity index (χ1v) is 12.0. The number of sulfone groups is 1. The molecule has 2 fully saturated rings. The summed E-state index contributed by atoms with van der Waals surface area (Å²) >= 11 is 0.892. The minimum Gasteiger partial charge on any atom is -0.335 e. The Kier molecular flexibility index (Phi) is 6.28. The molecule has 0 spiro atoms. The predicted octanol–water partition coefficient (Wildman–Crippen LogP) is 2.27. The summed E-state index contributed by atoms with van der Waals surface area (Å²) < 4.78 is 63.2. The molecule has 0 N–H and O–H groups in total. The van der Waals surface area contributed by atoms with Crippen molar-refractivity contribution in [3.05, 3.63) is 5.82 Å². The molecule has 2 aliphatic rings. The normalized spacial score (nSPS) is 23.1. The third-order valence-electron chi connectivity index (χ3n) is 5.27. The predicted molar refractivity (Wildman–Crippen MR) is 97.5 cm³/mol. The van der Waals surface area contributed by atoms with E-state index in [1.54, 1.807) is 4.90 Å². The summed E-state index contributed by atoms with van der Waals surface area (Å²) in [4.78, 5) is 14.7. The second-order valence-electron chi connectivity index (χ2n) is 7.30. The Morgan fingerprint density at radius 1 is 1.18 bits per heavy atom. The molecular formula is C16H23F3N4O3S2. The van der Waals surface area contributed by atoms with Gasteiger partial charge in [-0.2, -0.15) is 13.2 Å². The van der Waals surface area contributed by atoms with Crippen LogP contribution in [0.4, 0.5) is 13.2 Å². The van der Waals surface area contributed by atoms with Crippen LogP contribution in [0.1, 0.15) is 44.3 Å². The molecule has 1 aromatic heterocycles.